The first-order valence-electron chi connectivity index (χ1n) is 5.51. The van der Waals surface area contributed by atoms with Crippen molar-refractivity contribution in [3.8, 4) is 0 Å². The molecule has 3 nitrogen and oxygen atoms in total. The topological polar surface area (TPSA) is 37.4 Å². The number of carbonyl (C=O) groups is 2. The Hall–Kier alpha value is -1.26. The van der Waals surface area contributed by atoms with Gasteiger partial charge in [-0.1, -0.05) is 23.7 Å². The third kappa shape index (κ3) is 2.60. The molecule has 0 unspecified atom stereocenters. The molecule has 0 saturated carbocycles. The van der Waals surface area contributed by atoms with E-state index in [1.165, 1.54) is 4.90 Å². The number of halogens is 1. The Morgan fingerprint density at radius 2 is 2.06 bits per heavy atom. The van der Waals surface area contributed by atoms with E-state index in [0.717, 1.165) is 17.3 Å². The van der Waals surface area contributed by atoms with Crippen molar-refractivity contribution in [3.63, 3.8) is 0 Å². The zero-order valence-corrected chi connectivity index (χ0v) is 11.6. The maximum absolute atomic E-state index is 12.0. The zero-order valence-electron chi connectivity index (χ0n) is 10.0. The SMILES string of the molecule is CC(C)N1C(=O)S/C(=C/c2cccc(Cl)c2)C1=O. The summed E-state index contributed by atoms with van der Waals surface area (Å²) in [4.78, 5) is 25.4. The van der Waals surface area contributed by atoms with E-state index in [0.29, 0.717) is 9.93 Å². The average molecular weight is 282 g/mol. The van der Waals surface area contributed by atoms with Gasteiger partial charge in [-0.15, -0.1) is 0 Å². The van der Waals surface area contributed by atoms with Gasteiger partial charge in [-0.3, -0.25) is 14.5 Å². The van der Waals surface area contributed by atoms with E-state index < -0.39 is 0 Å². The lowest BCUT2D eigenvalue weighted by atomic mass is 10.2. The molecule has 1 aromatic rings. The molecule has 94 valence electrons. The Balaban J connectivity index is 2.31. The minimum Gasteiger partial charge on any atom is -0.268 e. The van der Waals surface area contributed by atoms with Crippen LogP contribution in [0, 0.1) is 0 Å². The summed E-state index contributed by atoms with van der Waals surface area (Å²) in [6.45, 7) is 3.64. The molecule has 2 rings (SSSR count). The second-order valence-corrected chi connectivity index (χ2v) is 5.63. The number of hydrogen-bond acceptors (Lipinski definition) is 3. The summed E-state index contributed by atoms with van der Waals surface area (Å²) in [5.41, 5.74) is 0.816. The molecular weight excluding hydrogens is 270 g/mol. The summed E-state index contributed by atoms with van der Waals surface area (Å²) >= 11 is 6.84. The van der Waals surface area contributed by atoms with Crippen LogP contribution in [0.5, 0.6) is 0 Å². The summed E-state index contributed by atoms with van der Waals surface area (Å²) in [6.07, 6.45) is 1.69. The van der Waals surface area contributed by atoms with Crippen LogP contribution in [0.1, 0.15) is 19.4 Å². The Morgan fingerprint density at radius 3 is 2.61 bits per heavy atom. The van der Waals surface area contributed by atoms with Crippen LogP contribution in [0.25, 0.3) is 6.08 Å². The highest BCUT2D eigenvalue weighted by Gasteiger charge is 2.36. The van der Waals surface area contributed by atoms with Crippen molar-refractivity contribution in [2.24, 2.45) is 0 Å². The lowest BCUT2D eigenvalue weighted by molar-refractivity contribution is -0.123. The summed E-state index contributed by atoms with van der Waals surface area (Å²) in [5.74, 6) is -0.236. The molecule has 1 fully saturated rings. The lowest BCUT2D eigenvalue weighted by Gasteiger charge is -2.16. The maximum Gasteiger partial charge on any atom is 0.293 e. The fraction of sp³-hybridized carbons (Fsp3) is 0.231. The van der Waals surface area contributed by atoms with Crippen LogP contribution >= 0.6 is 23.4 Å². The maximum atomic E-state index is 12.0. The Morgan fingerprint density at radius 1 is 1.33 bits per heavy atom. The van der Waals surface area contributed by atoms with Gasteiger partial charge in [-0.25, -0.2) is 0 Å². The number of hydrogen-bond donors (Lipinski definition) is 0. The first-order valence-corrected chi connectivity index (χ1v) is 6.71. The lowest BCUT2D eigenvalue weighted by Crippen LogP contribution is -2.34. The highest BCUT2D eigenvalue weighted by molar-refractivity contribution is 8.18. The van der Waals surface area contributed by atoms with E-state index in [9.17, 15) is 9.59 Å². The molecule has 1 saturated heterocycles. The van der Waals surface area contributed by atoms with Crippen molar-refractivity contribution in [2.45, 2.75) is 19.9 Å². The van der Waals surface area contributed by atoms with Gasteiger partial charge in [0.15, 0.2) is 0 Å². The van der Waals surface area contributed by atoms with Gasteiger partial charge in [0.2, 0.25) is 0 Å². The molecule has 5 heteroatoms. The van der Waals surface area contributed by atoms with Gasteiger partial charge < -0.3 is 0 Å². The van der Waals surface area contributed by atoms with Crippen LogP contribution in [0.2, 0.25) is 5.02 Å². The fourth-order valence-corrected chi connectivity index (χ4v) is 2.83. The molecule has 1 heterocycles. The molecule has 1 aromatic carbocycles. The molecule has 0 spiro atoms. The predicted octanol–water partition coefficient (Wildman–Crippen LogP) is 3.78. The molecule has 0 radical (unpaired) electrons. The number of imide groups is 1. The van der Waals surface area contributed by atoms with Gasteiger partial charge in [-0.05, 0) is 49.4 Å². The number of thioether (sulfide) groups is 1. The van der Waals surface area contributed by atoms with Crippen LogP contribution in [0.4, 0.5) is 4.79 Å². The first-order chi connectivity index (χ1) is 8.49. The Kier molecular flexibility index (Phi) is 3.78. The Labute approximate surface area is 115 Å². The van der Waals surface area contributed by atoms with Gasteiger partial charge in [0.1, 0.15) is 0 Å². The van der Waals surface area contributed by atoms with Gasteiger partial charge in [0, 0.05) is 11.1 Å². The van der Waals surface area contributed by atoms with Gasteiger partial charge in [-0.2, -0.15) is 0 Å². The van der Waals surface area contributed by atoms with Crippen molar-refractivity contribution < 1.29 is 9.59 Å². The van der Waals surface area contributed by atoms with E-state index in [2.05, 4.69) is 0 Å². The largest absolute Gasteiger partial charge is 0.293 e. The molecule has 0 aliphatic carbocycles. The van der Waals surface area contributed by atoms with E-state index in [1.54, 1.807) is 24.3 Å². The van der Waals surface area contributed by atoms with Gasteiger partial charge in [0.25, 0.3) is 11.1 Å². The normalized spacial score (nSPS) is 18.2. The number of nitrogens with zero attached hydrogens (tertiary/aromatic N) is 1. The first kappa shape index (κ1) is 13.2. The molecule has 0 bridgehead atoms. The molecular formula is C13H12ClNO2S. The summed E-state index contributed by atoms with van der Waals surface area (Å²) in [6, 6.07) is 7.04. The summed E-state index contributed by atoms with van der Waals surface area (Å²) < 4.78 is 0. The number of rotatable bonds is 2. The van der Waals surface area contributed by atoms with E-state index in [1.807, 2.05) is 19.9 Å². The van der Waals surface area contributed by atoms with Crippen LogP contribution < -0.4 is 0 Å². The van der Waals surface area contributed by atoms with Crippen LogP contribution in [-0.2, 0) is 4.79 Å². The van der Waals surface area contributed by atoms with Gasteiger partial charge >= 0.3 is 0 Å². The minimum absolute atomic E-state index is 0.122. The fourth-order valence-electron chi connectivity index (χ4n) is 1.67. The monoisotopic (exact) mass is 281 g/mol. The van der Waals surface area contributed by atoms with Crippen molar-refractivity contribution in [1.82, 2.24) is 4.90 Å². The molecule has 2 amide bonds. The van der Waals surface area contributed by atoms with Crippen molar-refractivity contribution >= 4 is 40.6 Å². The molecule has 1 aliphatic heterocycles. The van der Waals surface area contributed by atoms with Crippen molar-refractivity contribution in [1.29, 1.82) is 0 Å². The highest BCUT2D eigenvalue weighted by Crippen LogP contribution is 2.33. The second kappa shape index (κ2) is 5.16. The van der Waals surface area contributed by atoms with E-state index in [4.69, 9.17) is 11.6 Å². The molecule has 0 N–H and O–H groups in total. The van der Waals surface area contributed by atoms with Crippen molar-refractivity contribution in [3.05, 3.63) is 39.8 Å². The smallest absolute Gasteiger partial charge is 0.268 e. The molecule has 0 atom stereocenters. The van der Waals surface area contributed by atoms with Crippen LogP contribution in [0.3, 0.4) is 0 Å². The molecule has 18 heavy (non-hydrogen) atoms. The van der Waals surface area contributed by atoms with Crippen molar-refractivity contribution in [2.75, 3.05) is 0 Å². The van der Waals surface area contributed by atoms with Crippen LogP contribution in [0.15, 0.2) is 29.2 Å². The van der Waals surface area contributed by atoms with Crippen LogP contribution in [-0.4, -0.2) is 22.1 Å². The molecule has 1 aliphatic rings. The zero-order chi connectivity index (χ0) is 13.3. The predicted molar refractivity (Wildman–Crippen MR) is 74.4 cm³/mol. The second-order valence-electron chi connectivity index (χ2n) is 4.20. The summed E-state index contributed by atoms with van der Waals surface area (Å²) in [5, 5.41) is 0.384. The summed E-state index contributed by atoms with van der Waals surface area (Å²) in [7, 11) is 0. The number of amides is 2. The average Bonchev–Trinajstić information content (AvgIpc) is 2.54. The Bertz CT molecular complexity index is 540. The standard InChI is InChI=1S/C13H12ClNO2S/c1-8(2)15-12(16)11(18-13(15)17)7-9-4-3-5-10(14)6-9/h3-8H,1-2H3/b11-7+. The van der Waals surface area contributed by atoms with Gasteiger partial charge in [0.05, 0.1) is 4.91 Å². The highest BCUT2D eigenvalue weighted by atomic mass is 35.5. The van der Waals surface area contributed by atoms with E-state index in [-0.39, 0.29) is 17.2 Å². The quantitative estimate of drug-likeness (QED) is 0.774. The number of benzene rings is 1. The third-order valence-corrected chi connectivity index (χ3v) is 3.61. The minimum atomic E-state index is -0.236. The third-order valence-electron chi connectivity index (χ3n) is 2.49. The number of carbonyl (C=O) groups excluding carboxylic acids is 2. The molecule has 0 aromatic heterocycles. The van der Waals surface area contributed by atoms with E-state index >= 15 is 0 Å².